The monoisotopic (exact) mass is 380 g/mol. The molecule has 1 aliphatic heterocycles. The Balaban J connectivity index is 2.02. The molecule has 0 N–H and O–H groups in total. The minimum Gasteiger partial charge on any atom is -0.452 e. The number of ether oxygens (including phenoxy) is 1. The Morgan fingerprint density at radius 2 is 1.68 bits per heavy atom. The van der Waals surface area contributed by atoms with Gasteiger partial charge in [0, 0.05) is 4.47 Å². The molecule has 2 atom stereocenters. The SMILES string of the molecule is O=C1O[C@@H](c2ccc(Br)cc2)[C@H](Br)c2ccccc21. The van der Waals surface area contributed by atoms with Crippen molar-refractivity contribution in [2.45, 2.75) is 10.9 Å². The van der Waals surface area contributed by atoms with E-state index in [-0.39, 0.29) is 16.9 Å². The Labute approximate surface area is 128 Å². The molecule has 4 heteroatoms. The summed E-state index contributed by atoms with van der Waals surface area (Å²) in [6.45, 7) is 0. The molecule has 0 aromatic heterocycles. The van der Waals surface area contributed by atoms with Crippen LogP contribution in [0.5, 0.6) is 0 Å². The Morgan fingerprint density at radius 3 is 2.42 bits per heavy atom. The number of carbonyl (C=O) groups excluding carboxylic acids is 1. The summed E-state index contributed by atoms with van der Waals surface area (Å²) in [7, 11) is 0. The average Bonchev–Trinajstić information content (AvgIpc) is 2.44. The lowest BCUT2D eigenvalue weighted by molar-refractivity contribution is 0.0249. The highest BCUT2D eigenvalue weighted by atomic mass is 79.9. The second-order valence-electron chi connectivity index (χ2n) is 4.37. The van der Waals surface area contributed by atoms with E-state index in [2.05, 4.69) is 31.9 Å². The zero-order valence-corrected chi connectivity index (χ0v) is 13.0. The Hall–Kier alpha value is -1.13. The van der Waals surface area contributed by atoms with Crippen molar-refractivity contribution in [1.29, 1.82) is 0 Å². The fourth-order valence-corrected chi connectivity index (χ4v) is 3.29. The standard InChI is InChI=1S/C15H10Br2O2/c16-10-7-5-9(6-8-10)14-13(17)11-3-1-2-4-12(11)15(18)19-14/h1-8,13-14H/t13-,14+/m1/s1. The topological polar surface area (TPSA) is 26.3 Å². The molecule has 3 rings (SSSR count). The van der Waals surface area contributed by atoms with Crippen LogP contribution in [-0.2, 0) is 4.74 Å². The van der Waals surface area contributed by atoms with E-state index in [0.29, 0.717) is 5.56 Å². The second-order valence-corrected chi connectivity index (χ2v) is 6.27. The van der Waals surface area contributed by atoms with E-state index in [4.69, 9.17) is 4.74 Å². The molecule has 0 radical (unpaired) electrons. The van der Waals surface area contributed by atoms with Gasteiger partial charge in [-0.3, -0.25) is 0 Å². The molecule has 19 heavy (non-hydrogen) atoms. The van der Waals surface area contributed by atoms with E-state index in [1.165, 1.54) is 0 Å². The number of carbonyl (C=O) groups is 1. The number of cyclic esters (lactones) is 1. The van der Waals surface area contributed by atoms with Gasteiger partial charge >= 0.3 is 5.97 Å². The molecular weight excluding hydrogens is 372 g/mol. The zero-order chi connectivity index (χ0) is 13.4. The maximum atomic E-state index is 12.0. The van der Waals surface area contributed by atoms with Crippen LogP contribution >= 0.6 is 31.9 Å². The van der Waals surface area contributed by atoms with Crippen molar-refractivity contribution in [3.05, 3.63) is 69.7 Å². The van der Waals surface area contributed by atoms with Crippen LogP contribution in [0.3, 0.4) is 0 Å². The summed E-state index contributed by atoms with van der Waals surface area (Å²) in [5, 5.41) is 0. The van der Waals surface area contributed by atoms with Gasteiger partial charge in [0.1, 0.15) is 6.10 Å². The summed E-state index contributed by atoms with van der Waals surface area (Å²) < 4.78 is 6.55. The van der Waals surface area contributed by atoms with Crippen molar-refractivity contribution in [2.75, 3.05) is 0 Å². The molecule has 2 nitrogen and oxygen atoms in total. The van der Waals surface area contributed by atoms with Crippen LogP contribution in [0.25, 0.3) is 0 Å². The van der Waals surface area contributed by atoms with Crippen molar-refractivity contribution in [3.8, 4) is 0 Å². The first-order valence-corrected chi connectivity index (χ1v) is 7.57. The number of hydrogen-bond donors (Lipinski definition) is 0. The van der Waals surface area contributed by atoms with E-state index in [1.54, 1.807) is 6.07 Å². The van der Waals surface area contributed by atoms with Crippen molar-refractivity contribution in [1.82, 2.24) is 0 Å². The van der Waals surface area contributed by atoms with Gasteiger partial charge in [-0.2, -0.15) is 0 Å². The average molecular weight is 382 g/mol. The molecule has 96 valence electrons. The molecule has 0 bridgehead atoms. The van der Waals surface area contributed by atoms with E-state index in [9.17, 15) is 4.79 Å². The smallest absolute Gasteiger partial charge is 0.339 e. The van der Waals surface area contributed by atoms with E-state index in [1.807, 2.05) is 42.5 Å². The minimum atomic E-state index is -0.296. The summed E-state index contributed by atoms with van der Waals surface area (Å²) in [5.74, 6) is -0.265. The number of halogens is 2. The van der Waals surface area contributed by atoms with Gasteiger partial charge in [0.15, 0.2) is 0 Å². The Kier molecular flexibility index (Phi) is 3.46. The zero-order valence-electron chi connectivity index (χ0n) is 9.85. The maximum Gasteiger partial charge on any atom is 0.339 e. The van der Waals surface area contributed by atoms with Gasteiger partial charge in [0.2, 0.25) is 0 Å². The van der Waals surface area contributed by atoms with Crippen molar-refractivity contribution >= 4 is 37.8 Å². The number of fused-ring (bicyclic) bond motifs is 1. The number of alkyl halides is 1. The quantitative estimate of drug-likeness (QED) is 0.524. The lowest BCUT2D eigenvalue weighted by Crippen LogP contribution is -2.23. The molecule has 0 saturated heterocycles. The molecule has 0 amide bonds. The van der Waals surface area contributed by atoms with Crippen molar-refractivity contribution < 1.29 is 9.53 Å². The van der Waals surface area contributed by atoms with Crippen LogP contribution in [0.1, 0.15) is 32.4 Å². The first-order chi connectivity index (χ1) is 9.16. The maximum absolute atomic E-state index is 12.0. The fraction of sp³-hybridized carbons (Fsp3) is 0.133. The van der Waals surface area contributed by atoms with E-state index < -0.39 is 0 Å². The van der Waals surface area contributed by atoms with Crippen LogP contribution in [0.4, 0.5) is 0 Å². The second kappa shape index (κ2) is 5.10. The highest BCUT2D eigenvalue weighted by Gasteiger charge is 2.34. The molecule has 0 aliphatic carbocycles. The highest BCUT2D eigenvalue weighted by molar-refractivity contribution is 9.10. The number of rotatable bonds is 1. The number of benzene rings is 2. The van der Waals surface area contributed by atoms with Gasteiger partial charge < -0.3 is 4.74 Å². The molecule has 0 saturated carbocycles. The molecule has 2 aromatic rings. The van der Waals surface area contributed by atoms with Gasteiger partial charge in [-0.15, -0.1) is 0 Å². The summed E-state index contributed by atoms with van der Waals surface area (Å²) in [6, 6.07) is 15.4. The van der Waals surface area contributed by atoms with Gasteiger partial charge in [0.05, 0.1) is 10.4 Å². The molecule has 0 spiro atoms. The van der Waals surface area contributed by atoms with Gasteiger partial charge in [-0.1, -0.05) is 62.2 Å². The molecular formula is C15H10Br2O2. The fourth-order valence-electron chi connectivity index (χ4n) is 2.21. The van der Waals surface area contributed by atoms with Crippen molar-refractivity contribution in [3.63, 3.8) is 0 Å². The van der Waals surface area contributed by atoms with Crippen LogP contribution < -0.4 is 0 Å². The van der Waals surface area contributed by atoms with Crippen LogP contribution in [0.15, 0.2) is 53.0 Å². The molecule has 2 aromatic carbocycles. The van der Waals surface area contributed by atoms with Crippen LogP contribution in [0.2, 0.25) is 0 Å². The molecule has 1 heterocycles. The summed E-state index contributed by atoms with van der Waals surface area (Å²) in [4.78, 5) is 12.0. The van der Waals surface area contributed by atoms with Gasteiger partial charge in [-0.25, -0.2) is 4.79 Å². The lowest BCUT2D eigenvalue weighted by Gasteiger charge is -2.29. The predicted octanol–water partition coefficient (Wildman–Crippen LogP) is 4.80. The Morgan fingerprint density at radius 1 is 1.00 bits per heavy atom. The molecule has 0 unspecified atom stereocenters. The number of esters is 1. The van der Waals surface area contributed by atoms with Gasteiger partial charge in [0.25, 0.3) is 0 Å². The lowest BCUT2D eigenvalue weighted by atomic mass is 9.95. The van der Waals surface area contributed by atoms with Crippen LogP contribution in [0, 0.1) is 0 Å². The largest absolute Gasteiger partial charge is 0.452 e. The van der Waals surface area contributed by atoms with Gasteiger partial charge in [-0.05, 0) is 29.3 Å². The number of hydrogen-bond acceptors (Lipinski definition) is 2. The summed E-state index contributed by atoms with van der Waals surface area (Å²) in [6.07, 6.45) is -0.296. The highest BCUT2D eigenvalue weighted by Crippen LogP contribution is 2.44. The third-order valence-electron chi connectivity index (χ3n) is 3.18. The molecule has 1 aliphatic rings. The molecule has 0 fully saturated rings. The van der Waals surface area contributed by atoms with Crippen LogP contribution in [-0.4, -0.2) is 5.97 Å². The first kappa shape index (κ1) is 12.9. The predicted molar refractivity (Wildman–Crippen MR) is 80.4 cm³/mol. The summed E-state index contributed by atoms with van der Waals surface area (Å²) >= 11 is 7.05. The first-order valence-electron chi connectivity index (χ1n) is 5.86. The van der Waals surface area contributed by atoms with Crippen molar-refractivity contribution in [2.24, 2.45) is 0 Å². The third kappa shape index (κ3) is 2.35. The van der Waals surface area contributed by atoms with E-state index in [0.717, 1.165) is 15.6 Å². The summed E-state index contributed by atoms with van der Waals surface area (Å²) in [5.41, 5.74) is 2.59. The Bertz CT molecular complexity index is 622. The normalized spacial score (nSPS) is 21.7. The van der Waals surface area contributed by atoms with E-state index >= 15 is 0 Å². The third-order valence-corrected chi connectivity index (χ3v) is 4.68. The minimum absolute atomic E-state index is 0.0254.